The van der Waals surface area contributed by atoms with Gasteiger partial charge in [-0.05, 0) is 45.4 Å². The Kier molecular flexibility index (Phi) is 5.17. The highest BCUT2D eigenvalue weighted by molar-refractivity contribution is 7.90. The van der Waals surface area contributed by atoms with Crippen molar-refractivity contribution < 1.29 is 13.5 Å². The maximum Gasteiger partial charge on any atom is 0.299 e. The van der Waals surface area contributed by atoms with E-state index in [1.54, 1.807) is 39.0 Å². The third-order valence-electron chi connectivity index (χ3n) is 2.16. The summed E-state index contributed by atoms with van der Waals surface area (Å²) in [7, 11) is -3.68. The lowest BCUT2D eigenvalue weighted by Crippen LogP contribution is -2.43. The minimum absolute atomic E-state index is 0.277. The highest BCUT2D eigenvalue weighted by Gasteiger charge is 2.20. The normalized spacial score (nSPS) is 11.7. The van der Waals surface area contributed by atoms with E-state index in [1.807, 2.05) is 6.92 Å². The topological polar surface area (TPSA) is 78.4 Å². The molecule has 110 valence electrons. The summed E-state index contributed by atoms with van der Waals surface area (Å²) in [6, 6.07) is 5.20. The van der Waals surface area contributed by atoms with E-state index < -0.39 is 15.7 Å². The van der Waals surface area contributed by atoms with Crippen molar-refractivity contribution in [3.63, 3.8) is 0 Å². The average Bonchev–Trinajstić information content (AvgIpc) is 2.26. The van der Waals surface area contributed by atoms with Crippen LogP contribution in [0.3, 0.4) is 0 Å². The molecule has 1 aromatic rings. The van der Waals surface area contributed by atoms with Crippen molar-refractivity contribution in [2.45, 2.75) is 33.2 Å². The lowest BCUT2D eigenvalue weighted by Gasteiger charge is -2.21. The van der Waals surface area contributed by atoms with Crippen LogP contribution < -0.4 is 9.44 Å². The molecule has 0 aromatic heterocycles. The largest absolute Gasteiger partial charge is 0.384 e. The molecule has 6 heteroatoms. The molecular weight excluding hydrogens is 276 g/mol. The highest BCUT2D eigenvalue weighted by Crippen LogP contribution is 2.18. The first kappa shape index (κ1) is 16.5. The van der Waals surface area contributed by atoms with Gasteiger partial charge < -0.3 is 5.11 Å². The fraction of sp³-hybridized carbons (Fsp3) is 0.429. The van der Waals surface area contributed by atoms with Gasteiger partial charge in [-0.25, -0.2) is 0 Å². The Morgan fingerprint density at radius 3 is 2.50 bits per heavy atom. The average molecular weight is 296 g/mol. The summed E-state index contributed by atoms with van der Waals surface area (Å²) >= 11 is 0. The van der Waals surface area contributed by atoms with Crippen LogP contribution in [0.2, 0.25) is 0 Å². The number of aryl methyl sites for hydroxylation is 1. The minimum atomic E-state index is -3.68. The second-order valence-corrected chi connectivity index (χ2v) is 6.88. The van der Waals surface area contributed by atoms with Gasteiger partial charge in [-0.3, -0.25) is 4.72 Å². The van der Waals surface area contributed by atoms with Crippen LogP contribution in [0.25, 0.3) is 0 Å². The molecule has 0 aliphatic carbocycles. The summed E-state index contributed by atoms with van der Waals surface area (Å²) < 4.78 is 29.0. The number of rotatable bonds is 3. The van der Waals surface area contributed by atoms with Crippen LogP contribution in [-0.2, 0) is 10.2 Å². The zero-order valence-corrected chi connectivity index (χ0v) is 12.9. The number of hydrogen-bond donors (Lipinski definition) is 3. The predicted molar refractivity (Wildman–Crippen MR) is 80.6 cm³/mol. The first-order valence-corrected chi connectivity index (χ1v) is 7.63. The van der Waals surface area contributed by atoms with E-state index in [2.05, 4.69) is 21.3 Å². The summed E-state index contributed by atoms with van der Waals surface area (Å²) in [4.78, 5) is 0. The Hall–Kier alpha value is -1.55. The van der Waals surface area contributed by atoms with Gasteiger partial charge >= 0.3 is 0 Å². The molecule has 0 radical (unpaired) electrons. The molecule has 0 aliphatic heterocycles. The molecule has 0 heterocycles. The van der Waals surface area contributed by atoms with Crippen LogP contribution in [0.15, 0.2) is 18.2 Å². The van der Waals surface area contributed by atoms with E-state index >= 15 is 0 Å². The summed E-state index contributed by atoms with van der Waals surface area (Å²) in [6.45, 7) is 6.88. The van der Waals surface area contributed by atoms with Crippen molar-refractivity contribution in [3.05, 3.63) is 29.3 Å². The van der Waals surface area contributed by atoms with Crippen LogP contribution in [0, 0.1) is 18.8 Å². The smallest absolute Gasteiger partial charge is 0.299 e. The van der Waals surface area contributed by atoms with Gasteiger partial charge in [-0.2, -0.15) is 13.1 Å². The first-order valence-electron chi connectivity index (χ1n) is 6.15. The van der Waals surface area contributed by atoms with Gasteiger partial charge in [0.2, 0.25) is 0 Å². The van der Waals surface area contributed by atoms with E-state index in [1.165, 1.54) is 0 Å². The molecule has 1 rings (SSSR count). The van der Waals surface area contributed by atoms with Gasteiger partial charge in [0.25, 0.3) is 10.2 Å². The van der Waals surface area contributed by atoms with Crippen LogP contribution >= 0.6 is 0 Å². The predicted octanol–water partition coefficient (Wildman–Crippen LogP) is 1.38. The lowest BCUT2D eigenvalue weighted by atomic mass is 10.1. The van der Waals surface area contributed by atoms with Crippen LogP contribution in [0.1, 0.15) is 31.9 Å². The van der Waals surface area contributed by atoms with E-state index in [0.29, 0.717) is 11.3 Å². The zero-order valence-electron chi connectivity index (χ0n) is 12.1. The van der Waals surface area contributed by atoms with Gasteiger partial charge in [-0.15, -0.1) is 0 Å². The number of aliphatic hydroxyl groups excluding tert-OH is 1. The Balaban J connectivity index is 3.09. The Bertz CT molecular complexity index is 635. The maximum atomic E-state index is 12.0. The first-order chi connectivity index (χ1) is 9.13. The maximum absolute atomic E-state index is 12.0. The van der Waals surface area contributed by atoms with Gasteiger partial charge in [0, 0.05) is 11.1 Å². The minimum Gasteiger partial charge on any atom is -0.384 e. The number of aliphatic hydroxyl groups is 1. The molecule has 0 bridgehead atoms. The van der Waals surface area contributed by atoms with E-state index in [9.17, 15) is 8.42 Å². The van der Waals surface area contributed by atoms with Crippen molar-refractivity contribution in [1.82, 2.24) is 4.72 Å². The second-order valence-electron chi connectivity index (χ2n) is 5.47. The summed E-state index contributed by atoms with van der Waals surface area (Å²) in [5, 5.41) is 8.75. The third kappa shape index (κ3) is 5.61. The fourth-order valence-corrected chi connectivity index (χ4v) is 2.88. The molecule has 1 aromatic carbocycles. The molecule has 5 nitrogen and oxygen atoms in total. The van der Waals surface area contributed by atoms with Crippen LogP contribution in [-0.4, -0.2) is 25.7 Å². The molecular formula is C14H20N2O3S. The van der Waals surface area contributed by atoms with E-state index in [0.717, 1.165) is 5.56 Å². The number of nitrogens with one attached hydrogen (secondary N) is 2. The molecule has 0 atom stereocenters. The molecule has 0 unspecified atom stereocenters. The third-order valence-corrected chi connectivity index (χ3v) is 3.53. The molecule has 0 spiro atoms. The van der Waals surface area contributed by atoms with Crippen molar-refractivity contribution >= 4 is 15.9 Å². The van der Waals surface area contributed by atoms with Gasteiger partial charge in [0.15, 0.2) is 0 Å². The van der Waals surface area contributed by atoms with Gasteiger partial charge in [0.05, 0.1) is 5.69 Å². The molecule has 3 N–H and O–H groups in total. The summed E-state index contributed by atoms with van der Waals surface area (Å²) in [5.41, 5.74) is 1.29. The Morgan fingerprint density at radius 2 is 1.95 bits per heavy atom. The monoisotopic (exact) mass is 296 g/mol. The number of benzene rings is 1. The van der Waals surface area contributed by atoms with Crippen LogP contribution in [0.5, 0.6) is 0 Å². The quantitative estimate of drug-likeness (QED) is 0.737. The summed E-state index contributed by atoms with van der Waals surface area (Å²) in [5.74, 6) is 5.25. The van der Waals surface area contributed by atoms with Gasteiger partial charge in [-0.1, -0.05) is 17.9 Å². The van der Waals surface area contributed by atoms with Crippen molar-refractivity contribution in [1.29, 1.82) is 0 Å². The Labute approximate surface area is 120 Å². The van der Waals surface area contributed by atoms with Crippen LogP contribution in [0.4, 0.5) is 5.69 Å². The molecule has 0 aliphatic rings. The zero-order chi connectivity index (χ0) is 15.4. The molecule has 0 amide bonds. The fourth-order valence-electron chi connectivity index (χ4n) is 1.56. The number of hydrogen-bond acceptors (Lipinski definition) is 3. The standard InChI is InChI=1S/C14H20N2O3S/c1-11-7-8-13(12(10-11)6-5-9-17)15-20(18,19)16-14(2,3)4/h7-8,10,15-17H,9H2,1-4H3. The van der Waals surface area contributed by atoms with Crippen molar-refractivity contribution in [2.75, 3.05) is 11.3 Å². The van der Waals surface area contributed by atoms with E-state index in [4.69, 9.17) is 5.11 Å². The Morgan fingerprint density at radius 1 is 1.30 bits per heavy atom. The second kappa shape index (κ2) is 6.27. The molecule has 20 heavy (non-hydrogen) atoms. The number of anilines is 1. The highest BCUT2D eigenvalue weighted by atomic mass is 32.2. The molecule has 0 saturated heterocycles. The van der Waals surface area contributed by atoms with E-state index in [-0.39, 0.29) is 6.61 Å². The van der Waals surface area contributed by atoms with Crippen molar-refractivity contribution in [2.24, 2.45) is 0 Å². The SMILES string of the molecule is Cc1ccc(NS(=O)(=O)NC(C)(C)C)c(C#CCO)c1. The van der Waals surface area contributed by atoms with Gasteiger partial charge in [0.1, 0.15) is 6.61 Å². The molecule has 0 fully saturated rings. The van der Waals surface area contributed by atoms with Crippen molar-refractivity contribution in [3.8, 4) is 11.8 Å². The lowest BCUT2D eigenvalue weighted by molar-refractivity contribution is 0.350. The molecule has 0 saturated carbocycles. The summed E-state index contributed by atoms with van der Waals surface area (Å²) in [6.07, 6.45) is 0.